The van der Waals surface area contributed by atoms with Crippen molar-refractivity contribution in [2.75, 3.05) is 7.11 Å². The maximum Gasteiger partial charge on any atom is 0.490 e. The van der Waals surface area contributed by atoms with Crippen LogP contribution in [0.1, 0.15) is 0 Å². The molecular weight excluding hydrogens is 207 g/mol. The summed E-state index contributed by atoms with van der Waals surface area (Å²) in [5, 5.41) is 9.21. The van der Waals surface area contributed by atoms with Gasteiger partial charge in [0.05, 0.1) is 0 Å². The summed E-state index contributed by atoms with van der Waals surface area (Å²) in [4.78, 5) is 0. The Labute approximate surface area is 74.5 Å². The molecule has 0 spiro atoms. The molecule has 0 aliphatic carbocycles. The standard InChI is InChI=1S/C7H8BBrO2/c1-11-8(10)6-3-2-4-7(9)5-6/h2-5,10H,1H3. The third kappa shape index (κ3) is 2.32. The van der Waals surface area contributed by atoms with Crippen LogP contribution in [0.25, 0.3) is 0 Å². The minimum atomic E-state index is -0.826. The van der Waals surface area contributed by atoms with Gasteiger partial charge in [-0.15, -0.1) is 0 Å². The van der Waals surface area contributed by atoms with E-state index in [4.69, 9.17) is 4.65 Å². The summed E-state index contributed by atoms with van der Waals surface area (Å²) in [6, 6.07) is 7.36. The molecule has 0 radical (unpaired) electrons. The topological polar surface area (TPSA) is 29.5 Å². The van der Waals surface area contributed by atoms with Crippen molar-refractivity contribution < 1.29 is 9.68 Å². The van der Waals surface area contributed by atoms with Crippen molar-refractivity contribution >= 4 is 28.5 Å². The van der Waals surface area contributed by atoms with E-state index in [1.165, 1.54) is 7.11 Å². The molecule has 0 amide bonds. The average Bonchev–Trinajstić information content (AvgIpc) is 2.03. The van der Waals surface area contributed by atoms with Gasteiger partial charge in [0.25, 0.3) is 0 Å². The van der Waals surface area contributed by atoms with E-state index in [1.54, 1.807) is 6.07 Å². The van der Waals surface area contributed by atoms with Gasteiger partial charge in [-0.05, 0) is 17.6 Å². The van der Waals surface area contributed by atoms with Crippen molar-refractivity contribution in [1.29, 1.82) is 0 Å². The Hall–Kier alpha value is -0.315. The molecule has 1 rings (SSSR count). The van der Waals surface area contributed by atoms with Crippen LogP contribution in [0.4, 0.5) is 0 Å². The monoisotopic (exact) mass is 214 g/mol. The quantitative estimate of drug-likeness (QED) is 0.738. The zero-order valence-electron chi connectivity index (χ0n) is 6.12. The summed E-state index contributed by atoms with van der Waals surface area (Å²) in [5.41, 5.74) is 0.752. The first-order valence-corrected chi connectivity index (χ1v) is 3.99. The Morgan fingerprint density at radius 3 is 2.82 bits per heavy atom. The predicted octanol–water partition coefficient (Wildman–Crippen LogP) is 0.783. The van der Waals surface area contributed by atoms with Gasteiger partial charge in [0, 0.05) is 11.6 Å². The molecule has 1 N–H and O–H groups in total. The Morgan fingerprint density at radius 2 is 2.27 bits per heavy atom. The fourth-order valence-electron chi connectivity index (χ4n) is 0.796. The largest absolute Gasteiger partial charge is 0.490 e. The summed E-state index contributed by atoms with van der Waals surface area (Å²) in [7, 11) is 0.637. The van der Waals surface area contributed by atoms with Crippen LogP contribution < -0.4 is 5.46 Å². The predicted molar refractivity (Wildman–Crippen MR) is 48.8 cm³/mol. The van der Waals surface area contributed by atoms with Crippen LogP contribution >= 0.6 is 15.9 Å². The van der Waals surface area contributed by atoms with E-state index in [-0.39, 0.29) is 0 Å². The first-order chi connectivity index (χ1) is 5.24. The Kier molecular flexibility index (Phi) is 3.11. The normalized spacial score (nSPS) is 9.73. The molecule has 4 heteroatoms. The van der Waals surface area contributed by atoms with Gasteiger partial charge in [-0.25, -0.2) is 0 Å². The van der Waals surface area contributed by atoms with Gasteiger partial charge < -0.3 is 9.68 Å². The molecule has 11 heavy (non-hydrogen) atoms. The number of hydrogen-bond acceptors (Lipinski definition) is 2. The first kappa shape index (κ1) is 8.78. The lowest BCUT2D eigenvalue weighted by molar-refractivity contribution is 0.341. The zero-order chi connectivity index (χ0) is 8.27. The zero-order valence-corrected chi connectivity index (χ0v) is 7.71. The van der Waals surface area contributed by atoms with E-state index in [0.717, 1.165) is 9.94 Å². The molecule has 0 bridgehead atoms. The summed E-state index contributed by atoms with van der Waals surface area (Å²) < 4.78 is 5.66. The van der Waals surface area contributed by atoms with Crippen LogP contribution in [0.5, 0.6) is 0 Å². The molecule has 0 heterocycles. The van der Waals surface area contributed by atoms with Crippen molar-refractivity contribution in [2.24, 2.45) is 0 Å². The fourth-order valence-corrected chi connectivity index (χ4v) is 1.21. The van der Waals surface area contributed by atoms with E-state index in [1.807, 2.05) is 18.2 Å². The average molecular weight is 215 g/mol. The van der Waals surface area contributed by atoms with Gasteiger partial charge in [0.15, 0.2) is 0 Å². The maximum atomic E-state index is 9.21. The van der Waals surface area contributed by atoms with Crippen LogP contribution in [-0.2, 0) is 4.65 Å². The minimum absolute atomic E-state index is 0.752. The Morgan fingerprint density at radius 1 is 1.55 bits per heavy atom. The lowest BCUT2D eigenvalue weighted by atomic mass is 9.80. The number of benzene rings is 1. The second kappa shape index (κ2) is 3.90. The van der Waals surface area contributed by atoms with Crippen molar-refractivity contribution in [3.63, 3.8) is 0 Å². The molecule has 0 saturated heterocycles. The molecular formula is C7H8BBrO2. The SMILES string of the molecule is COB(O)c1cccc(Br)c1. The van der Waals surface area contributed by atoms with Gasteiger partial charge in [-0.3, -0.25) is 0 Å². The summed E-state index contributed by atoms with van der Waals surface area (Å²) in [5.74, 6) is 0. The third-order valence-corrected chi connectivity index (χ3v) is 1.85. The first-order valence-electron chi connectivity index (χ1n) is 3.20. The Bertz CT molecular complexity index is 242. The highest BCUT2D eigenvalue weighted by molar-refractivity contribution is 9.10. The molecule has 1 aromatic rings. The second-order valence-electron chi connectivity index (χ2n) is 2.14. The molecule has 0 unspecified atom stereocenters. The summed E-state index contributed by atoms with van der Waals surface area (Å²) in [6.45, 7) is 0. The van der Waals surface area contributed by atoms with Gasteiger partial charge in [0.2, 0.25) is 0 Å². The molecule has 58 valence electrons. The van der Waals surface area contributed by atoms with Gasteiger partial charge >= 0.3 is 7.12 Å². The fraction of sp³-hybridized carbons (Fsp3) is 0.143. The molecule has 1 aromatic carbocycles. The molecule has 0 aliphatic heterocycles. The summed E-state index contributed by atoms with van der Waals surface area (Å²) in [6.07, 6.45) is 0. The molecule has 0 atom stereocenters. The highest BCUT2D eigenvalue weighted by Crippen LogP contribution is 2.05. The molecule has 2 nitrogen and oxygen atoms in total. The van der Waals surface area contributed by atoms with Crippen LogP contribution in [0, 0.1) is 0 Å². The van der Waals surface area contributed by atoms with Gasteiger partial charge in [-0.1, -0.05) is 28.1 Å². The van der Waals surface area contributed by atoms with Crippen molar-refractivity contribution in [3.8, 4) is 0 Å². The highest BCUT2D eigenvalue weighted by Gasteiger charge is 2.13. The number of hydrogen-bond donors (Lipinski definition) is 1. The van der Waals surface area contributed by atoms with Crippen molar-refractivity contribution in [3.05, 3.63) is 28.7 Å². The molecule has 0 aromatic heterocycles. The highest BCUT2D eigenvalue weighted by atomic mass is 79.9. The van der Waals surface area contributed by atoms with Crippen LogP contribution in [0.3, 0.4) is 0 Å². The number of halogens is 1. The van der Waals surface area contributed by atoms with Gasteiger partial charge in [0.1, 0.15) is 0 Å². The Balaban J connectivity index is 2.86. The van der Waals surface area contributed by atoms with E-state index >= 15 is 0 Å². The van der Waals surface area contributed by atoms with E-state index in [2.05, 4.69) is 15.9 Å². The maximum absolute atomic E-state index is 9.21. The second-order valence-corrected chi connectivity index (χ2v) is 3.06. The lowest BCUT2D eigenvalue weighted by Gasteiger charge is -2.02. The van der Waals surface area contributed by atoms with Crippen LogP contribution in [0.15, 0.2) is 28.7 Å². The molecule has 0 saturated carbocycles. The smallest absolute Gasteiger partial charge is 0.423 e. The van der Waals surface area contributed by atoms with E-state index in [9.17, 15) is 5.02 Å². The van der Waals surface area contributed by atoms with Crippen LogP contribution in [0.2, 0.25) is 0 Å². The van der Waals surface area contributed by atoms with E-state index < -0.39 is 7.12 Å². The lowest BCUT2D eigenvalue weighted by Crippen LogP contribution is -2.32. The number of rotatable bonds is 2. The minimum Gasteiger partial charge on any atom is -0.423 e. The molecule has 0 aliphatic rings. The van der Waals surface area contributed by atoms with Crippen molar-refractivity contribution in [2.45, 2.75) is 0 Å². The van der Waals surface area contributed by atoms with E-state index in [0.29, 0.717) is 0 Å². The van der Waals surface area contributed by atoms with Gasteiger partial charge in [-0.2, -0.15) is 0 Å². The summed E-state index contributed by atoms with van der Waals surface area (Å²) >= 11 is 3.29. The molecule has 0 fully saturated rings. The van der Waals surface area contributed by atoms with Crippen molar-refractivity contribution in [1.82, 2.24) is 0 Å². The third-order valence-electron chi connectivity index (χ3n) is 1.36. The van der Waals surface area contributed by atoms with Crippen LogP contribution in [-0.4, -0.2) is 19.3 Å².